The fraction of sp³-hybridized carbons (Fsp3) is 0.412. The predicted octanol–water partition coefficient (Wildman–Crippen LogP) is 7.42. The minimum atomic E-state index is 0.696. The summed E-state index contributed by atoms with van der Waals surface area (Å²) in [6, 6.07) is 25.8. The Balaban J connectivity index is 1.83. The Morgan fingerprint density at radius 2 is 0.921 bits per heavy atom. The number of ether oxygens (including phenoxy) is 2. The van der Waals surface area contributed by atoms with Crippen molar-refractivity contribution in [2.45, 2.75) is 41.5 Å². The second kappa shape index (κ2) is 15.4. The van der Waals surface area contributed by atoms with E-state index in [4.69, 9.17) is 9.47 Å². The zero-order valence-electron chi connectivity index (χ0n) is 24.3. The van der Waals surface area contributed by atoms with Crippen LogP contribution in [-0.2, 0) is 0 Å². The summed E-state index contributed by atoms with van der Waals surface area (Å²) in [4.78, 5) is 4.74. The van der Waals surface area contributed by atoms with Crippen molar-refractivity contribution in [3.8, 4) is 11.5 Å². The third-order valence-corrected chi connectivity index (χ3v) is 7.29. The summed E-state index contributed by atoms with van der Waals surface area (Å²) in [7, 11) is 0. The molecule has 0 aromatic heterocycles. The van der Waals surface area contributed by atoms with Crippen LogP contribution in [0.4, 0.5) is 0 Å². The van der Waals surface area contributed by atoms with Gasteiger partial charge in [-0.3, -0.25) is 0 Å². The van der Waals surface area contributed by atoms with Crippen LogP contribution >= 0.6 is 0 Å². The lowest BCUT2D eigenvalue weighted by Crippen LogP contribution is -2.27. The first kappa shape index (κ1) is 29.5. The molecule has 0 radical (unpaired) electrons. The van der Waals surface area contributed by atoms with E-state index >= 15 is 0 Å². The Kier molecular flexibility index (Phi) is 11.9. The Labute approximate surface area is 230 Å². The normalized spacial score (nSPS) is 11.2. The van der Waals surface area contributed by atoms with Crippen LogP contribution in [0.1, 0.15) is 56.9 Å². The highest BCUT2D eigenvalue weighted by Crippen LogP contribution is 2.34. The van der Waals surface area contributed by atoms with E-state index in [0.29, 0.717) is 13.2 Å². The molecule has 3 aromatic carbocycles. The molecule has 0 saturated carbocycles. The molecule has 0 spiro atoms. The molecule has 0 atom stereocenters. The molecule has 0 aliphatic heterocycles. The molecule has 0 fully saturated rings. The summed E-state index contributed by atoms with van der Waals surface area (Å²) in [6.07, 6.45) is 0. The fourth-order valence-electron chi connectivity index (χ4n) is 4.65. The predicted molar refractivity (Wildman–Crippen MR) is 162 cm³/mol. The summed E-state index contributed by atoms with van der Waals surface area (Å²) >= 11 is 0. The summed E-state index contributed by atoms with van der Waals surface area (Å²) in [5.41, 5.74) is 7.31. The van der Waals surface area contributed by atoms with Gasteiger partial charge in [0.05, 0.1) is 0 Å². The van der Waals surface area contributed by atoms with Crippen molar-refractivity contribution < 1.29 is 9.47 Å². The number of hydrogen-bond donors (Lipinski definition) is 0. The number of benzene rings is 3. The van der Waals surface area contributed by atoms with Crippen molar-refractivity contribution in [1.29, 1.82) is 0 Å². The molecule has 0 saturated heterocycles. The fourth-order valence-corrected chi connectivity index (χ4v) is 4.65. The second-order valence-corrected chi connectivity index (χ2v) is 9.67. The van der Waals surface area contributed by atoms with Gasteiger partial charge < -0.3 is 19.3 Å². The van der Waals surface area contributed by atoms with E-state index in [0.717, 1.165) is 50.8 Å². The molecule has 3 rings (SSSR count). The SMILES string of the molecule is CCN(CC)CCOc1ccc(C(=C(C)c2ccc(C)cc2)c2ccc(OCCN(CC)CC)cc2)cc1. The Morgan fingerprint density at radius 3 is 1.29 bits per heavy atom. The van der Waals surface area contributed by atoms with Crippen molar-refractivity contribution in [2.24, 2.45) is 0 Å². The van der Waals surface area contributed by atoms with Gasteiger partial charge in [0, 0.05) is 13.1 Å². The highest BCUT2D eigenvalue weighted by atomic mass is 16.5. The quantitative estimate of drug-likeness (QED) is 0.197. The number of rotatable bonds is 15. The zero-order valence-corrected chi connectivity index (χ0v) is 24.3. The standard InChI is InChI=1S/C34H46N2O2/c1-7-35(8-2)23-25-37-32-19-15-30(16-20-32)34(28(6)29-13-11-27(5)12-14-29)31-17-21-33(22-18-31)38-26-24-36(9-3)10-4/h11-22H,7-10,23-26H2,1-6H3. The van der Waals surface area contributed by atoms with Crippen LogP contribution in [0.25, 0.3) is 11.1 Å². The maximum Gasteiger partial charge on any atom is 0.119 e. The third kappa shape index (κ3) is 8.47. The number of nitrogens with zero attached hydrogens (tertiary/aromatic N) is 2. The topological polar surface area (TPSA) is 24.9 Å². The molecular formula is C34H46N2O2. The van der Waals surface area contributed by atoms with Crippen LogP contribution in [-0.4, -0.2) is 62.3 Å². The van der Waals surface area contributed by atoms with Gasteiger partial charge in [-0.05, 0) is 92.1 Å². The van der Waals surface area contributed by atoms with E-state index in [9.17, 15) is 0 Å². The van der Waals surface area contributed by atoms with Crippen molar-refractivity contribution in [2.75, 3.05) is 52.5 Å². The molecule has 0 unspecified atom stereocenters. The van der Waals surface area contributed by atoms with Crippen molar-refractivity contribution in [3.63, 3.8) is 0 Å². The van der Waals surface area contributed by atoms with E-state index in [1.165, 1.54) is 33.4 Å². The van der Waals surface area contributed by atoms with Gasteiger partial charge in [0.15, 0.2) is 0 Å². The largest absolute Gasteiger partial charge is 0.492 e. The van der Waals surface area contributed by atoms with Gasteiger partial charge >= 0.3 is 0 Å². The van der Waals surface area contributed by atoms with Crippen molar-refractivity contribution in [3.05, 3.63) is 95.1 Å². The first-order valence-electron chi connectivity index (χ1n) is 14.2. The second-order valence-electron chi connectivity index (χ2n) is 9.67. The Morgan fingerprint density at radius 1 is 0.553 bits per heavy atom. The molecule has 4 heteroatoms. The highest BCUT2D eigenvalue weighted by molar-refractivity contribution is 5.98. The molecule has 0 aliphatic carbocycles. The van der Waals surface area contributed by atoms with Gasteiger partial charge in [0.25, 0.3) is 0 Å². The van der Waals surface area contributed by atoms with E-state index < -0.39 is 0 Å². The summed E-state index contributed by atoms with van der Waals surface area (Å²) in [5.74, 6) is 1.82. The van der Waals surface area contributed by atoms with Crippen LogP contribution in [0.15, 0.2) is 72.8 Å². The Hall–Kier alpha value is -3.08. The molecule has 0 amide bonds. The smallest absolute Gasteiger partial charge is 0.119 e. The van der Waals surface area contributed by atoms with Crippen LogP contribution in [0.3, 0.4) is 0 Å². The molecule has 4 nitrogen and oxygen atoms in total. The first-order valence-corrected chi connectivity index (χ1v) is 14.2. The zero-order chi connectivity index (χ0) is 27.3. The lowest BCUT2D eigenvalue weighted by Gasteiger charge is -2.19. The maximum absolute atomic E-state index is 6.05. The van der Waals surface area contributed by atoms with E-state index in [-0.39, 0.29) is 0 Å². The van der Waals surface area contributed by atoms with Crippen molar-refractivity contribution in [1.82, 2.24) is 9.80 Å². The maximum atomic E-state index is 6.05. The van der Waals surface area contributed by atoms with Gasteiger partial charge in [-0.15, -0.1) is 0 Å². The van der Waals surface area contributed by atoms with Crippen LogP contribution in [0.2, 0.25) is 0 Å². The molecule has 0 heterocycles. The van der Waals surface area contributed by atoms with E-state index in [2.05, 4.69) is 124 Å². The van der Waals surface area contributed by atoms with Gasteiger partial charge in [-0.2, -0.15) is 0 Å². The first-order chi connectivity index (χ1) is 18.5. The average Bonchev–Trinajstić information content (AvgIpc) is 2.95. The van der Waals surface area contributed by atoms with Gasteiger partial charge in [0.2, 0.25) is 0 Å². The summed E-state index contributed by atoms with van der Waals surface area (Å²) in [5, 5.41) is 0. The minimum Gasteiger partial charge on any atom is -0.492 e. The average molecular weight is 515 g/mol. The van der Waals surface area contributed by atoms with Crippen LogP contribution in [0, 0.1) is 6.92 Å². The molecule has 38 heavy (non-hydrogen) atoms. The van der Waals surface area contributed by atoms with Gasteiger partial charge in [0.1, 0.15) is 24.7 Å². The number of hydrogen-bond acceptors (Lipinski definition) is 4. The van der Waals surface area contributed by atoms with Gasteiger partial charge in [-0.1, -0.05) is 81.8 Å². The summed E-state index contributed by atoms with van der Waals surface area (Å²) < 4.78 is 12.1. The van der Waals surface area contributed by atoms with E-state index in [1.54, 1.807) is 0 Å². The molecule has 0 N–H and O–H groups in total. The number of likely N-dealkylation sites (N-methyl/N-ethyl adjacent to an activating group) is 2. The Bertz CT molecular complexity index is 1050. The molecule has 3 aromatic rings. The number of aryl methyl sites for hydroxylation is 1. The van der Waals surface area contributed by atoms with Crippen LogP contribution < -0.4 is 9.47 Å². The lowest BCUT2D eigenvalue weighted by molar-refractivity contribution is 0.223. The molecule has 0 bridgehead atoms. The highest BCUT2D eigenvalue weighted by Gasteiger charge is 2.12. The van der Waals surface area contributed by atoms with Crippen molar-refractivity contribution >= 4 is 11.1 Å². The number of allylic oxidation sites excluding steroid dienone is 1. The summed E-state index contributed by atoms with van der Waals surface area (Å²) in [6.45, 7) is 20.5. The molecule has 0 aliphatic rings. The minimum absolute atomic E-state index is 0.696. The molecular weight excluding hydrogens is 468 g/mol. The van der Waals surface area contributed by atoms with E-state index in [1.807, 2.05) is 0 Å². The molecule has 204 valence electrons. The third-order valence-electron chi connectivity index (χ3n) is 7.29. The van der Waals surface area contributed by atoms with Crippen LogP contribution in [0.5, 0.6) is 11.5 Å². The lowest BCUT2D eigenvalue weighted by atomic mass is 9.90. The monoisotopic (exact) mass is 514 g/mol. The van der Waals surface area contributed by atoms with Gasteiger partial charge in [-0.25, -0.2) is 0 Å².